The minimum absolute atomic E-state index is 0.119. The van der Waals surface area contributed by atoms with Crippen molar-refractivity contribution in [3.63, 3.8) is 0 Å². The number of likely N-dealkylation sites (tertiary alicyclic amines) is 1. The van der Waals surface area contributed by atoms with Gasteiger partial charge < -0.3 is 4.90 Å². The van der Waals surface area contributed by atoms with Gasteiger partial charge in [-0.3, -0.25) is 9.36 Å². The molecule has 122 valence electrons. The minimum Gasteiger partial charge on any atom is -0.339 e. The molecule has 0 saturated carbocycles. The topological polar surface area (TPSA) is 38.1 Å². The van der Waals surface area contributed by atoms with E-state index < -0.39 is 0 Å². The molecule has 1 saturated heterocycles. The lowest BCUT2D eigenvalue weighted by Gasteiger charge is -2.26. The van der Waals surface area contributed by atoms with Crippen LogP contribution in [-0.4, -0.2) is 33.4 Å². The summed E-state index contributed by atoms with van der Waals surface area (Å²) >= 11 is 3.50. The average Bonchev–Trinajstić information content (AvgIpc) is 3.05. The molecule has 0 atom stereocenters. The van der Waals surface area contributed by atoms with Crippen molar-refractivity contribution < 1.29 is 4.79 Å². The number of imidazole rings is 1. The summed E-state index contributed by atoms with van der Waals surface area (Å²) in [5.41, 5.74) is 3.62. The number of carbonyl (C=O) groups excluding carboxylic acids is 1. The molecule has 0 aliphatic carbocycles. The molecule has 1 aliphatic heterocycles. The van der Waals surface area contributed by atoms with Gasteiger partial charge in [-0.2, -0.15) is 0 Å². The molecule has 1 aromatic heterocycles. The van der Waals surface area contributed by atoms with Gasteiger partial charge in [0.15, 0.2) is 0 Å². The molecule has 0 N–H and O–H groups in total. The summed E-state index contributed by atoms with van der Waals surface area (Å²) in [6.07, 6.45) is 5.23. The van der Waals surface area contributed by atoms with E-state index in [1.165, 1.54) is 6.42 Å². The molecule has 0 spiro atoms. The molecule has 0 unspecified atom stereocenters. The van der Waals surface area contributed by atoms with Gasteiger partial charge in [0, 0.05) is 28.8 Å². The zero-order valence-electron chi connectivity index (χ0n) is 13.3. The zero-order valence-corrected chi connectivity index (χ0v) is 14.9. The Kier molecular flexibility index (Phi) is 4.10. The van der Waals surface area contributed by atoms with Gasteiger partial charge in [-0.1, -0.05) is 22.0 Å². The maximum absolute atomic E-state index is 12.7. The first-order valence-electron chi connectivity index (χ1n) is 8.25. The molecule has 5 heteroatoms. The summed E-state index contributed by atoms with van der Waals surface area (Å²) in [5, 5.41) is 0. The van der Waals surface area contributed by atoms with Crippen LogP contribution in [-0.2, 0) is 0 Å². The van der Waals surface area contributed by atoms with E-state index in [1.807, 2.05) is 58.3 Å². The molecular weight excluding hydrogens is 366 g/mol. The Morgan fingerprint density at radius 3 is 2.67 bits per heavy atom. The normalized spacial score (nSPS) is 15.0. The van der Waals surface area contributed by atoms with Crippen molar-refractivity contribution in [3.05, 3.63) is 58.8 Å². The molecule has 0 radical (unpaired) electrons. The fourth-order valence-corrected chi connectivity index (χ4v) is 3.64. The number of rotatable bonds is 2. The van der Waals surface area contributed by atoms with Gasteiger partial charge in [0.1, 0.15) is 6.33 Å². The number of carbonyl (C=O) groups is 1. The smallest absolute Gasteiger partial charge is 0.253 e. The summed E-state index contributed by atoms with van der Waals surface area (Å²) < 4.78 is 3.06. The summed E-state index contributed by atoms with van der Waals surface area (Å²) in [4.78, 5) is 19.1. The molecule has 1 amide bonds. The Balaban J connectivity index is 1.69. The number of piperidine rings is 1. The molecule has 0 bridgehead atoms. The van der Waals surface area contributed by atoms with Crippen molar-refractivity contribution >= 4 is 32.9 Å². The minimum atomic E-state index is 0.119. The maximum atomic E-state index is 12.7. The third-order valence-corrected chi connectivity index (χ3v) is 5.02. The van der Waals surface area contributed by atoms with E-state index in [-0.39, 0.29) is 5.91 Å². The second-order valence-corrected chi connectivity index (χ2v) is 7.07. The average molecular weight is 384 g/mol. The fourth-order valence-electron chi connectivity index (χ4n) is 3.26. The molecule has 24 heavy (non-hydrogen) atoms. The van der Waals surface area contributed by atoms with Gasteiger partial charge in [0.05, 0.1) is 11.0 Å². The van der Waals surface area contributed by atoms with E-state index >= 15 is 0 Å². The molecule has 1 aliphatic rings. The lowest BCUT2D eigenvalue weighted by Crippen LogP contribution is -2.35. The fraction of sp³-hybridized carbons (Fsp3) is 0.263. The first-order valence-corrected chi connectivity index (χ1v) is 9.04. The Morgan fingerprint density at radius 1 is 1.04 bits per heavy atom. The lowest BCUT2D eigenvalue weighted by atomic mass is 10.1. The highest BCUT2D eigenvalue weighted by Crippen LogP contribution is 2.23. The monoisotopic (exact) mass is 383 g/mol. The van der Waals surface area contributed by atoms with Gasteiger partial charge in [-0.05, 0) is 55.7 Å². The number of benzene rings is 2. The van der Waals surface area contributed by atoms with Crippen molar-refractivity contribution in [2.24, 2.45) is 0 Å². The zero-order chi connectivity index (χ0) is 16.5. The number of hydrogen-bond donors (Lipinski definition) is 0. The maximum Gasteiger partial charge on any atom is 0.253 e. The van der Waals surface area contributed by atoms with E-state index in [0.29, 0.717) is 0 Å². The number of nitrogens with zero attached hydrogens (tertiary/aromatic N) is 3. The predicted molar refractivity (Wildman–Crippen MR) is 98.5 cm³/mol. The SMILES string of the molecule is O=C(c1ccc2c(c1)ncn2-c1cccc(Br)c1)N1CCCCC1. The van der Waals surface area contributed by atoms with Crippen LogP contribution in [0.4, 0.5) is 0 Å². The van der Waals surface area contributed by atoms with Gasteiger partial charge in [0.25, 0.3) is 5.91 Å². The van der Waals surface area contributed by atoms with E-state index in [2.05, 4.69) is 20.9 Å². The third kappa shape index (κ3) is 2.84. The highest BCUT2D eigenvalue weighted by molar-refractivity contribution is 9.10. The van der Waals surface area contributed by atoms with Crippen LogP contribution in [0.3, 0.4) is 0 Å². The quantitative estimate of drug-likeness (QED) is 0.656. The van der Waals surface area contributed by atoms with Gasteiger partial charge in [-0.25, -0.2) is 4.98 Å². The number of halogens is 1. The molecular formula is C19H18BrN3O. The number of aromatic nitrogens is 2. The van der Waals surface area contributed by atoms with E-state index in [4.69, 9.17) is 0 Å². The summed E-state index contributed by atoms with van der Waals surface area (Å²) in [7, 11) is 0. The first-order chi connectivity index (χ1) is 11.7. The van der Waals surface area contributed by atoms with Crippen LogP contribution in [0.5, 0.6) is 0 Å². The summed E-state index contributed by atoms with van der Waals surface area (Å²) in [5.74, 6) is 0.119. The van der Waals surface area contributed by atoms with Gasteiger partial charge in [0.2, 0.25) is 0 Å². The van der Waals surface area contributed by atoms with Gasteiger partial charge >= 0.3 is 0 Å². The first kappa shape index (κ1) is 15.4. The Hall–Kier alpha value is -2.14. The Morgan fingerprint density at radius 2 is 1.88 bits per heavy atom. The Labute approximate surface area is 149 Å². The molecule has 1 fully saturated rings. The van der Waals surface area contributed by atoms with Crippen molar-refractivity contribution in [3.8, 4) is 5.69 Å². The Bertz CT molecular complexity index is 897. The number of amides is 1. The number of fused-ring (bicyclic) bond motifs is 1. The van der Waals surface area contributed by atoms with Crippen LogP contribution in [0.25, 0.3) is 16.7 Å². The van der Waals surface area contributed by atoms with Crippen LogP contribution < -0.4 is 0 Å². The molecule has 3 aromatic rings. The van der Waals surface area contributed by atoms with Crippen molar-refractivity contribution in [1.82, 2.24) is 14.5 Å². The van der Waals surface area contributed by atoms with Crippen LogP contribution in [0.2, 0.25) is 0 Å². The van der Waals surface area contributed by atoms with Crippen LogP contribution in [0.1, 0.15) is 29.6 Å². The van der Waals surface area contributed by atoms with Crippen LogP contribution in [0.15, 0.2) is 53.3 Å². The third-order valence-electron chi connectivity index (χ3n) is 4.52. The highest BCUT2D eigenvalue weighted by Gasteiger charge is 2.19. The summed E-state index contributed by atoms with van der Waals surface area (Å²) in [6, 6.07) is 13.9. The standard InChI is InChI=1S/C19H18BrN3O/c20-15-5-4-6-16(12-15)23-13-21-17-11-14(7-8-18(17)23)19(24)22-9-2-1-3-10-22/h4-8,11-13H,1-3,9-10H2. The second-order valence-electron chi connectivity index (χ2n) is 6.15. The molecule has 2 aromatic carbocycles. The highest BCUT2D eigenvalue weighted by atomic mass is 79.9. The molecule has 4 rings (SSSR count). The summed E-state index contributed by atoms with van der Waals surface area (Å²) in [6.45, 7) is 1.73. The molecule has 2 heterocycles. The van der Waals surface area contributed by atoms with Crippen LogP contribution in [0, 0.1) is 0 Å². The van der Waals surface area contributed by atoms with Crippen molar-refractivity contribution in [2.45, 2.75) is 19.3 Å². The van der Waals surface area contributed by atoms with Crippen molar-refractivity contribution in [1.29, 1.82) is 0 Å². The largest absolute Gasteiger partial charge is 0.339 e. The second kappa shape index (κ2) is 6.40. The molecule has 4 nitrogen and oxygen atoms in total. The van der Waals surface area contributed by atoms with E-state index in [9.17, 15) is 4.79 Å². The van der Waals surface area contributed by atoms with E-state index in [0.717, 1.165) is 52.7 Å². The van der Waals surface area contributed by atoms with E-state index in [1.54, 1.807) is 0 Å². The van der Waals surface area contributed by atoms with Crippen LogP contribution >= 0.6 is 15.9 Å². The lowest BCUT2D eigenvalue weighted by molar-refractivity contribution is 0.0724. The van der Waals surface area contributed by atoms with Gasteiger partial charge in [-0.15, -0.1) is 0 Å². The van der Waals surface area contributed by atoms with Crippen molar-refractivity contribution in [2.75, 3.05) is 13.1 Å². The number of hydrogen-bond acceptors (Lipinski definition) is 2. The predicted octanol–water partition coefficient (Wildman–Crippen LogP) is 4.41.